The second-order valence-electron chi connectivity index (χ2n) is 5.47. The van der Waals surface area contributed by atoms with Gasteiger partial charge in [-0.1, -0.05) is 24.3 Å². The second kappa shape index (κ2) is 6.11. The van der Waals surface area contributed by atoms with Gasteiger partial charge in [0.1, 0.15) is 17.0 Å². The molecule has 0 spiro atoms. The van der Waals surface area contributed by atoms with Crippen molar-refractivity contribution >= 4 is 22.5 Å². The van der Waals surface area contributed by atoms with Crippen LogP contribution in [0.2, 0.25) is 0 Å². The number of hydrogen-bond acceptors (Lipinski definition) is 3. The molecule has 3 aromatic rings. The van der Waals surface area contributed by atoms with Gasteiger partial charge in [0.2, 0.25) is 0 Å². The first-order valence-corrected chi connectivity index (χ1v) is 7.22. The van der Waals surface area contributed by atoms with Crippen LogP contribution in [0.25, 0.3) is 10.9 Å². The number of benzene rings is 2. The van der Waals surface area contributed by atoms with Gasteiger partial charge in [0, 0.05) is 25.0 Å². The third-order valence-corrected chi connectivity index (χ3v) is 3.74. The first-order valence-electron chi connectivity index (χ1n) is 7.22. The minimum Gasteiger partial charge on any atom is -0.345 e. The Labute approximate surface area is 136 Å². The van der Waals surface area contributed by atoms with Crippen LogP contribution in [0.5, 0.6) is 0 Å². The summed E-state index contributed by atoms with van der Waals surface area (Å²) in [5, 5.41) is 11.7. The van der Waals surface area contributed by atoms with Gasteiger partial charge in [0.25, 0.3) is 11.6 Å². The van der Waals surface area contributed by atoms with Crippen LogP contribution >= 0.6 is 0 Å². The molecule has 0 bridgehead atoms. The molecule has 0 aliphatic heterocycles. The summed E-state index contributed by atoms with van der Waals surface area (Å²) >= 11 is 0. The number of H-pyrrole nitrogens is 1. The Hall–Kier alpha value is -3.22. The number of nitrogens with one attached hydrogen (secondary N) is 1. The largest absolute Gasteiger partial charge is 0.345 e. The fourth-order valence-electron chi connectivity index (χ4n) is 2.55. The van der Waals surface area contributed by atoms with Crippen molar-refractivity contribution in [1.82, 2.24) is 9.88 Å². The molecule has 0 saturated heterocycles. The van der Waals surface area contributed by atoms with E-state index in [2.05, 4.69) is 4.98 Å². The number of para-hydroxylation sites is 1. The van der Waals surface area contributed by atoms with Crippen molar-refractivity contribution in [2.24, 2.45) is 0 Å². The molecule has 1 N–H and O–H groups in total. The summed E-state index contributed by atoms with van der Waals surface area (Å²) in [5.41, 5.74) is 1.30. The molecule has 0 saturated carbocycles. The molecule has 2 aromatic carbocycles. The summed E-state index contributed by atoms with van der Waals surface area (Å²) in [4.78, 5) is 27.4. The van der Waals surface area contributed by atoms with Crippen LogP contribution in [0, 0.1) is 15.9 Å². The molecule has 0 radical (unpaired) electrons. The van der Waals surface area contributed by atoms with E-state index in [1.807, 2.05) is 0 Å². The minimum absolute atomic E-state index is 0.0762. The van der Waals surface area contributed by atoms with Crippen LogP contribution in [0.3, 0.4) is 0 Å². The second-order valence-corrected chi connectivity index (χ2v) is 5.47. The number of hydrogen-bond donors (Lipinski definition) is 1. The molecule has 0 fully saturated rings. The Morgan fingerprint density at radius 3 is 2.62 bits per heavy atom. The summed E-state index contributed by atoms with van der Waals surface area (Å²) in [6.45, 7) is 0.302. The molecule has 0 aliphatic carbocycles. The van der Waals surface area contributed by atoms with Gasteiger partial charge in [-0.3, -0.25) is 14.9 Å². The molecule has 0 atom stereocenters. The van der Waals surface area contributed by atoms with Gasteiger partial charge in [-0.15, -0.1) is 0 Å². The van der Waals surface area contributed by atoms with Gasteiger partial charge in [-0.05, 0) is 23.8 Å². The summed E-state index contributed by atoms with van der Waals surface area (Å²) in [6.07, 6.45) is 0. The topological polar surface area (TPSA) is 79.2 Å². The standard InChI is InChI=1S/C17H14FN3O3/c1-20(10-11-5-7-13(18)8-6-11)17(22)14-9-12-3-2-4-15(21(23)24)16(12)19-14/h2-9,19H,10H2,1H3. The predicted molar refractivity (Wildman–Crippen MR) is 87.2 cm³/mol. The summed E-state index contributed by atoms with van der Waals surface area (Å²) < 4.78 is 12.9. The SMILES string of the molecule is CN(Cc1ccc(F)cc1)C(=O)c1cc2cccc([N+](=O)[O-])c2[nH]1. The van der Waals surface area contributed by atoms with Gasteiger partial charge in [-0.2, -0.15) is 0 Å². The van der Waals surface area contributed by atoms with Gasteiger partial charge < -0.3 is 9.88 Å². The number of fused-ring (bicyclic) bond motifs is 1. The fraction of sp³-hybridized carbons (Fsp3) is 0.118. The minimum atomic E-state index is -0.491. The molecule has 3 rings (SSSR count). The number of carbonyl (C=O) groups excluding carboxylic acids is 1. The maximum Gasteiger partial charge on any atom is 0.293 e. The molecule has 0 aliphatic rings. The molecule has 6 nitrogen and oxygen atoms in total. The third kappa shape index (κ3) is 2.96. The Morgan fingerprint density at radius 2 is 1.96 bits per heavy atom. The monoisotopic (exact) mass is 327 g/mol. The number of rotatable bonds is 4. The lowest BCUT2D eigenvalue weighted by Gasteiger charge is -2.16. The van der Waals surface area contributed by atoms with E-state index in [4.69, 9.17) is 0 Å². The Kier molecular flexibility index (Phi) is 3.99. The van der Waals surface area contributed by atoms with E-state index in [-0.39, 0.29) is 23.1 Å². The van der Waals surface area contributed by atoms with Crippen LogP contribution in [-0.2, 0) is 6.54 Å². The smallest absolute Gasteiger partial charge is 0.293 e. The first-order chi connectivity index (χ1) is 11.5. The third-order valence-electron chi connectivity index (χ3n) is 3.74. The number of carbonyl (C=O) groups is 1. The summed E-state index contributed by atoms with van der Waals surface area (Å²) in [6, 6.07) is 12.1. The van der Waals surface area contributed by atoms with Crippen molar-refractivity contribution in [3.8, 4) is 0 Å². The fourth-order valence-corrected chi connectivity index (χ4v) is 2.55. The van der Waals surface area contributed by atoms with Crippen molar-refractivity contribution in [2.45, 2.75) is 6.54 Å². The normalized spacial score (nSPS) is 10.8. The van der Waals surface area contributed by atoms with Crippen LogP contribution in [0.1, 0.15) is 16.1 Å². The number of non-ortho nitro benzene ring substituents is 1. The van der Waals surface area contributed by atoms with E-state index in [1.54, 1.807) is 37.4 Å². The molecule has 7 heteroatoms. The van der Waals surface area contributed by atoms with Crippen molar-refractivity contribution in [1.29, 1.82) is 0 Å². The highest BCUT2D eigenvalue weighted by molar-refractivity contribution is 6.00. The van der Waals surface area contributed by atoms with Crippen LogP contribution in [-0.4, -0.2) is 27.8 Å². The zero-order valence-corrected chi connectivity index (χ0v) is 12.8. The molecule has 122 valence electrons. The first kappa shape index (κ1) is 15.7. The molecular formula is C17H14FN3O3. The number of nitro benzene ring substituents is 1. The van der Waals surface area contributed by atoms with E-state index in [0.29, 0.717) is 17.4 Å². The van der Waals surface area contributed by atoms with Gasteiger partial charge >= 0.3 is 0 Å². The zero-order valence-electron chi connectivity index (χ0n) is 12.8. The molecule has 1 aromatic heterocycles. The zero-order chi connectivity index (χ0) is 17.3. The average Bonchev–Trinajstić information content (AvgIpc) is 2.99. The number of halogens is 1. The lowest BCUT2D eigenvalue weighted by atomic mass is 10.2. The molecule has 1 amide bonds. The van der Waals surface area contributed by atoms with E-state index >= 15 is 0 Å². The van der Waals surface area contributed by atoms with E-state index < -0.39 is 4.92 Å². The Morgan fingerprint density at radius 1 is 1.25 bits per heavy atom. The van der Waals surface area contributed by atoms with E-state index in [0.717, 1.165) is 5.56 Å². The van der Waals surface area contributed by atoms with Crippen molar-refractivity contribution in [3.63, 3.8) is 0 Å². The van der Waals surface area contributed by atoms with Gasteiger partial charge in [-0.25, -0.2) is 4.39 Å². The van der Waals surface area contributed by atoms with Crippen LogP contribution < -0.4 is 0 Å². The average molecular weight is 327 g/mol. The maximum atomic E-state index is 12.9. The van der Waals surface area contributed by atoms with Crippen molar-refractivity contribution in [2.75, 3.05) is 7.05 Å². The highest BCUT2D eigenvalue weighted by Crippen LogP contribution is 2.26. The van der Waals surface area contributed by atoms with Crippen molar-refractivity contribution in [3.05, 3.63) is 75.7 Å². The Balaban J connectivity index is 1.86. The van der Waals surface area contributed by atoms with Crippen molar-refractivity contribution < 1.29 is 14.1 Å². The van der Waals surface area contributed by atoms with E-state index in [9.17, 15) is 19.3 Å². The summed E-state index contributed by atoms with van der Waals surface area (Å²) in [7, 11) is 1.62. The number of amides is 1. The van der Waals surface area contributed by atoms with Crippen LogP contribution in [0.4, 0.5) is 10.1 Å². The number of nitrogens with zero attached hydrogens (tertiary/aromatic N) is 2. The highest BCUT2D eigenvalue weighted by atomic mass is 19.1. The number of aromatic nitrogens is 1. The molecule has 24 heavy (non-hydrogen) atoms. The summed E-state index contributed by atoms with van der Waals surface area (Å²) in [5.74, 6) is -0.638. The molecule has 0 unspecified atom stereocenters. The predicted octanol–water partition coefficient (Wildman–Crippen LogP) is 3.49. The molecule has 1 heterocycles. The number of nitro groups is 1. The van der Waals surface area contributed by atoms with Crippen LogP contribution in [0.15, 0.2) is 48.5 Å². The quantitative estimate of drug-likeness (QED) is 0.588. The maximum absolute atomic E-state index is 12.9. The van der Waals surface area contributed by atoms with Gasteiger partial charge in [0.15, 0.2) is 0 Å². The Bertz CT molecular complexity index is 918. The highest BCUT2D eigenvalue weighted by Gasteiger charge is 2.19. The van der Waals surface area contributed by atoms with E-state index in [1.165, 1.54) is 23.1 Å². The molecular weight excluding hydrogens is 313 g/mol. The number of aromatic amines is 1. The lowest BCUT2D eigenvalue weighted by Crippen LogP contribution is -2.26. The lowest BCUT2D eigenvalue weighted by molar-refractivity contribution is -0.383. The van der Waals surface area contributed by atoms with Gasteiger partial charge in [0.05, 0.1) is 4.92 Å².